The van der Waals surface area contributed by atoms with Crippen LogP contribution < -0.4 is 4.90 Å². The molecule has 0 aromatic carbocycles. The molecule has 0 N–H and O–H groups in total. The van der Waals surface area contributed by atoms with Gasteiger partial charge in [0.15, 0.2) is 0 Å². The first-order valence-electron chi connectivity index (χ1n) is 7.28. The molecular weight excluding hydrogens is 265 g/mol. The lowest BCUT2D eigenvalue weighted by Gasteiger charge is -2.40. The lowest BCUT2D eigenvalue weighted by atomic mass is 9.77. The van der Waals surface area contributed by atoms with Crippen LogP contribution >= 0.6 is 0 Å². The van der Waals surface area contributed by atoms with Gasteiger partial charge in [-0.1, -0.05) is 18.9 Å². The highest BCUT2D eigenvalue weighted by atomic mass is 19.4. The van der Waals surface area contributed by atoms with Gasteiger partial charge in [0, 0.05) is 13.1 Å². The molecule has 3 rings (SSSR count). The van der Waals surface area contributed by atoms with E-state index in [1.807, 2.05) is 4.90 Å². The van der Waals surface area contributed by atoms with E-state index in [9.17, 15) is 13.2 Å². The maximum atomic E-state index is 12.7. The van der Waals surface area contributed by atoms with Gasteiger partial charge in [0.2, 0.25) is 0 Å². The van der Waals surface area contributed by atoms with Gasteiger partial charge in [0.05, 0.1) is 0 Å². The Bertz CT molecular complexity index is 468. The quantitative estimate of drug-likeness (QED) is 0.766. The number of nitrogens with zero attached hydrogens (tertiary/aromatic N) is 2. The number of aromatic nitrogens is 1. The van der Waals surface area contributed by atoms with Crippen LogP contribution in [0.25, 0.3) is 0 Å². The largest absolute Gasteiger partial charge is 0.433 e. The molecule has 0 atom stereocenters. The zero-order valence-corrected chi connectivity index (χ0v) is 11.4. The fourth-order valence-corrected chi connectivity index (χ4v) is 3.59. The maximum Gasteiger partial charge on any atom is 0.433 e. The van der Waals surface area contributed by atoms with Gasteiger partial charge in [-0.25, -0.2) is 4.98 Å². The van der Waals surface area contributed by atoms with Crippen LogP contribution in [-0.2, 0) is 6.18 Å². The number of anilines is 1. The molecule has 1 aliphatic heterocycles. The number of halogens is 3. The van der Waals surface area contributed by atoms with Crippen molar-refractivity contribution in [2.75, 3.05) is 18.0 Å². The molecule has 1 saturated carbocycles. The van der Waals surface area contributed by atoms with Crippen LogP contribution in [0.1, 0.15) is 44.2 Å². The molecule has 1 aromatic rings. The van der Waals surface area contributed by atoms with E-state index in [-0.39, 0.29) is 0 Å². The van der Waals surface area contributed by atoms with E-state index in [0.29, 0.717) is 11.2 Å². The van der Waals surface area contributed by atoms with Crippen molar-refractivity contribution in [2.45, 2.75) is 44.7 Å². The summed E-state index contributed by atoms with van der Waals surface area (Å²) in [5.74, 6) is 0.465. The monoisotopic (exact) mass is 284 g/mol. The fourth-order valence-electron chi connectivity index (χ4n) is 3.59. The van der Waals surface area contributed by atoms with E-state index in [2.05, 4.69) is 4.98 Å². The summed E-state index contributed by atoms with van der Waals surface area (Å²) in [5.41, 5.74) is -0.325. The molecule has 5 heteroatoms. The van der Waals surface area contributed by atoms with Crippen LogP contribution in [-0.4, -0.2) is 18.1 Å². The number of rotatable bonds is 1. The summed E-state index contributed by atoms with van der Waals surface area (Å²) < 4.78 is 38.1. The highest BCUT2D eigenvalue weighted by Crippen LogP contribution is 2.46. The molecule has 1 saturated heterocycles. The molecule has 0 amide bonds. The highest BCUT2D eigenvalue weighted by molar-refractivity contribution is 5.40. The average molecular weight is 284 g/mol. The minimum atomic E-state index is -4.36. The number of pyridine rings is 1. The molecule has 2 nitrogen and oxygen atoms in total. The van der Waals surface area contributed by atoms with Crippen LogP contribution in [0.3, 0.4) is 0 Å². The first-order chi connectivity index (χ1) is 9.49. The molecule has 1 aliphatic carbocycles. The van der Waals surface area contributed by atoms with Crippen molar-refractivity contribution in [2.24, 2.45) is 5.41 Å². The minimum absolute atomic E-state index is 0.465. The van der Waals surface area contributed by atoms with E-state index in [1.165, 1.54) is 31.7 Å². The molecule has 0 radical (unpaired) electrons. The van der Waals surface area contributed by atoms with E-state index >= 15 is 0 Å². The Morgan fingerprint density at radius 2 is 1.65 bits per heavy atom. The van der Waals surface area contributed by atoms with Crippen LogP contribution in [0.2, 0.25) is 0 Å². The van der Waals surface area contributed by atoms with Crippen molar-refractivity contribution in [1.29, 1.82) is 0 Å². The summed E-state index contributed by atoms with van der Waals surface area (Å²) >= 11 is 0. The van der Waals surface area contributed by atoms with Crippen molar-refractivity contribution in [1.82, 2.24) is 4.98 Å². The lowest BCUT2D eigenvalue weighted by molar-refractivity contribution is -0.141. The van der Waals surface area contributed by atoms with Gasteiger partial charge in [-0.15, -0.1) is 0 Å². The molecule has 2 heterocycles. The molecule has 20 heavy (non-hydrogen) atoms. The molecule has 2 aliphatic rings. The Labute approximate surface area is 117 Å². The summed E-state index contributed by atoms with van der Waals surface area (Å²) in [6.07, 6.45) is 3.01. The first-order valence-corrected chi connectivity index (χ1v) is 7.28. The highest BCUT2D eigenvalue weighted by Gasteiger charge is 2.38. The summed E-state index contributed by atoms with van der Waals surface area (Å²) in [7, 11) is 0. The molecular formula is C15H19F3N2. The number of hydrogen-bond donors (Lipinski definition) is 0. The summed E-state index contributed by atoms with van der Waals surface area (Å²) in [5, 5.41) is 0. The molecule has 0 unspecified atom stereocenters. The number of piperidine rings is 1. The molecule has 110 valence electrons. The topological polar surface area (TPSA) is 16.1 Å². The van der Waals surface area contributed by atoms with Crippen molar-refractivity contribution in [3.63, 3.8) is 0 Å². The predicted octanol–water partition coefficient (Wildman–Crippen LogP) is 4.26. The number of alkyl halides is 3. The Hall–Kier alpha value is -1.26. The minimum Gasteiger partial charge on any atom is -0.357 e. The standard InChI is InChI=1S/C15H19F3N2/c16-15(17,18)12-4-3-5-13(19-12)20-10-8-14(9-11-20)6-1-2-7-14/h3-5H,1-2,6-11H2. The third kappa shape index (κ3) is 2.63. The predicted molar refractivity (Wildman–Crippen MR) is 71.6 cm³/mol. The van der Waals surface area contributed by atoms with Crippen molar-refractivity contribution in [3.8, 4) is 0 Å². The van der Waals surface area contributed by atoms with Crippen LogP contribution in [0.15, 0.2) is 18.2 Å². The molecule has 0 bridgehead atoms. The number of hydrogen-bond acceptors (Lipinski definition) is 2. The van der Waals surface area contributed by atoms with Crippen LogP contribution in [0.4, 0.5) is 19.0 Å². The summed E-state index contributed by atoms with van der Waals surface area (Å²) in [6.45, 7) is 1.66. The van der Waals surface area contributed by atoms with Crippen LogP contribution in [0.5, 0.6) is 0 Å². The second-order valence-electron chi connectivity index (χ2n) is 6.07. The van der Waals surface area contributed by atoms with Gasteiger partial charge in [-0.3, -0.25) is 0 Å². The second-order valence-corrected chi connectivity index (χ2v) is 6.07. The van der Waals surface area contributed by atoms with Gasteiger partial charge >= 0.3 is 6.18 Å². The van der Waals surface area contributed by atoms with Crippen molar-refractivity contribution < 1.29 is 13.2 Å². The Kier molecular flexibility index (Phi) is 3.38. The SMILES string of the molecule is FC(F)(F)c1cccc(N2CCC3(CCCC3)CC2)n1. The Morgan fingerprint density at radius 3 is 2.25 bits per heavy atom. The van der Waals surface area contributed by atoms with E-state index in [1.54, 1.807) is 6.07 Å². The zero-order valence-electron chi connectivity index (χ0n) is 11.4. The van der Waals surface area contributed by atoms with Crippen molar-refractivity contribution >= 4 is 5.82 Å². The summed E-state index contributed by atoms with van der Waals surface area (Å²) in [6, 6.07) is 4.17. The lowest BCUT2D eigenvalue weighted by Crippen LogP contribution is -2.39. The van der Waals surface area contributed by atoms with Gasteiger partial charge < -0.3 is 4.90 Å². The van der Waals surface area contributed by atoms with Gasteiger partial charge in [-0.2, -0.15) is 13.2 Å². The van der Waals surface area contributed by atoms with Crippen molar-refractivity contribution in [3.05, 3.63) is 23.9 Å². The van der Waals surface area contributed by atoms with E-state index < -0.39 is 11.9 Å². The molecule has 1 spiro atoms. The fraction of sp³-hybridized carbons (Fsp3) is 0.667. The second kappa shape index (κ2) is 4.93. The van der Waals surface area contributed by atoms with Gasteiger partial charge in [-0.05, 0) is 43.2 Å². The Morgan fingerprint density at radius 1 is 1.00 bits per heavy atom. The average Bonchev–Trinajstić information content (AvgIpc) is 2.87. The summed E-state index contributed by atoms with van der Waals surface area (Å²) in [4.78, 5) is 5.78. The van der Waals surface area contributed by atoms with E-state index in [4.69, 9.17) is 0 Å². The molecule has 2 fully saturated rings. The first kappa shape index (κ1) is 13.7. The van der Waals surface area contributed by atoms with E-state index in [0.717, 1.165) is 32.0 Å². The maximum absolute atomic E-state index is 12.7. The Balaban J connectivity index is 1.72. The molecule has 1 aromatic heterocycles. The van der Waals surface area contributed by atoms with Gasteiger partial charge in [0.25, 0.3) is 0 Å². The zero-order chi connectivity index (χ0) is 14.2. The third-order valence-corrected chi connectivity index (χ3v) is 4.84. The smallest absolute Gasteiger partial charge is 0.357 e. The third-order valence-electron chi connectivity index (χ3n) is 4.84. The van der Waals surface area contributed by atoms with Gasteiger partial charge in [0.1, 0.15) is 11.5 Å². The normalized spacial score (nSPS) is 22.4. The van der Waals surface area contributed by atoms with Crippen LogP contribution in [0, 0.1) is 5.41 Å².